The topological polar surface area (TPSA) is 154 Å². The summed E-state index contributed by atoms with van der Waals surface area (Å²) in [5, 5.41) is 0. The summed E-state index contributed by atoms with van der Waals surface area (Å²) in [7, 11) is -30.4. The Bertz CT molecular complexity index is 1410. The molecule has 18 heteroatoms. The zero-order valence-electron chi connectivity index (χ0n) is 10.7. The first kappa shape index (κ1) is 23.1. The third kappa shape index (κ3) is 1.32. The van der Waals surface area contributed by atoms with Crippen LogP contribution in [0.1, 0.15) is 0 Å². The Morgan fingerprint density at radius 3 is 0.760 bits per heavy atom. The molecule has 0 unspecified atom stereocenters. The van der Waals surface area contributed by atoms with Gasteiger partial charge in [0.15, 0.2) is 0 Å². The van der Waals surface area contributed by atoms with E-state index in [4.69, 9.17) is 0 Å². The van der Waals surface area contributed by atoms with Crippen LogP contribution in [0, 0.1) is 0 Å². The Morgan fingerprint density at radius 2 is 0.680 bits per heavy atom. The molecule has 0 saturated heterocycles. The van der Waals surface area contributed by atoms with E-state index in [0.29, 0.717) is 0 Å². The molecule has 0 atom stereocenters. The molecule has 0 aliphatic carbocycles. The third-order valence-corrected chi connectivity index (χ3v) is 61.1. The standard InChI is InChI=1S/2CF3O2S.5CO.W/c2*2-1(3,4)7(5)6;5*1-2;. The van der Waals surface area contributed by atoms with E-state index in [9.17, 15) is 67.2 Å². The number of hydrogen-bond acceptors (Lipinski definition) is 9. The summed E-state index contributed by atoms with van der Waals surface area (Å²) in [5.74, 6) is 0. The molecule has 0 N–H and O–H groups in total. The van der Waals surface area contributed by atoms with Crippen LogP contribution in [-0.4, -0.2) is 49.2 Å². The van der Waals surface area contributed by atoms with E-state index in [-0.39, 0.29) is 0 Å². The first-order valence-corrected chi connectivity index (χ1v) is 21.9. The van der Waals surface area contributed by atoms with Gasteiger partial charge in [0.2, 0.25) is 0 Å². The minimum absolute atomic E-state index is 1.12. The number of alkyl halides is 6. The molecule has 0 radical (unpaired) electrons. The van der Waals surface area contributed by atoms with E-state index in [1.165, 1.54) is 0 Å². The van der Waals surface area contributed by atoms with Crippen molar-refractivity contribution in [1.82, 2.24) is 0 Å². The van der Waals surface area contributed by atoms with Gasteiger partial charge in [-0.1, -0.05) is 0 Å². The number of rotatable bonds is 2. The van der Waals surface area contributed by atoms with Crippen LogP contribution in [0.15, 0.2) is 0 Å². The summed E-state index contributed by atoms with van der Waals surface area (Å²) in [5.41, 5.74) is -14.9. The summed E-state index contributed by atoms with van der Waals surface area (Å²) in [4.78, 5) is 55.3. The Morgan fingerprint density at radius 1 is 0.520 bits per heavy atom. The summed E-state index contributed by atoms with van der Waals surface area (Å²) >= 11 is 0. The Hall–Kier alpha value is -1.93. The van der Waals surface area contributed by atoms with E-state index in [1.54, 1.807) is 0 Å². The van der Waals surface area contributed by atoms with Gasteiger partial charge in [-0.25, -0.2) is 0 Å². The second-order valence-electron chi connectivity index (χ2n) is 4.14. The van der Waals surface area contributed by atoms with Gasteiger partial charge in [-0.2, -0.15) is 0 Å². The molecule has 0 bridgehead atoms. The van der Waals surface area contributed by atoms with Gasteiger partial charge in [-0.3, -0.25) is 0 Å². The van der Waals surface area contributed by atoms with Crippen LogP contribution in [0.2, 0.25) is 0 Å². The zero-order chi connectivity index (χ0) is 20.9. The zero-order valence-corrected chi connectivity index (χ0v) is 15.2. The monoisotopic (exact) mass is 590 g/mol. The van der Waals surface area contributed by atoms with Gasteiger partial charge in [-0.05, 0) is 0 Å². The molecule has 0 saturated carbocycles. The Balaban J connectivity index is 10.7. The van der Waals surface area contributed by atoms with Crippen molar-refractivity contribution in [3.05, 3.63) is 0 Å². The van der Waals surface area contributed by atoms with Crippen molar-refractivity contribution >= 4 is 36.4 Å². The van der Waals surface area contributed by atoms with Crippen LogP contribution in [0.5, 0.6) is 0 Å². The molecule has 25 heavy (non-hydrogen) atoms. The fourth-order valence-corrected chi connectivity index (χ4v) is 38.4. The normalized spacial score (nSPS) is 15.8. The van der Waals surface area contributed by atoms with Crippen molar-refractivity contribution in [3.8, 4) is 0 Å². The fourth-order valence-electron chi connectivity index (χ4n) is 1.29. The quantitative estimate of drug-likeness (QED) is 0.361. The van der Waals surface area contributed by atoms with Crippen LogP contribution in [0.3, 0.4) is 0 Å². The molecule has 0 heterocycles. The van der Waals surface area contributed by atoms with E-state index in [0.717, 1.165) is 0 Å². The van der Waals surface area contributed by atoms with E-state index >= 15 is 0 Å². The molecule has 0 aliphatic rings. The molecule has 0 amide bonds. The minimum atomic E-state index is -12.8. The summed E-state index contributed by atoms with van der Waals surface area (Å²) in [6.07, 6.45) is 0. The Kier molecular flexibility index (Phi) is 3.91. The van der Waals surface area contributed by atoms with Crippen LogP contribution in [0.4, 0.5) is 26.3 Å². The van der Waals surface area contributed by atoms with Crippen molar-refractivity contribution in [3.63, 3.8) is 0 Å². The third-order valence-electron chi connectivity index (χ3n) is 3.02. The molecule has 0 rings (SSSR count). The van der Waals surface area contributed by atoms with Crippen molar-refractivity contribution in [2.45, 2.75) is 11.0 Å². The molecule has 9 nitrogen and oxygen atoms in total. The van der Waals surface area contributed by atoms with Gasteiger partial charge in [0, 0.05) is 0 Å². The first-order valence-electron chi connectivity index (χ1n) is 4.58. The molecule has 0 aromatic heterocycles. The van der Waals surface area contributed by atoms with Crippen molar-refractivity contribution in [2.75, 3.05) is 0 Å². The second kappa shape index (κ2) is 4.24. The Labute approximate surface area is 122 Å². The van der Waals surface area contributed by atoms with Gasteiger partial charge in [0.05, 0.1) is 0 Å². The average molecular weight is 590 g/mol. The van der Waals surface area contributed by atoms with E-state index in [2.05, 4.69) is 0 Å². The molecule has 0 spiro atoms. The van der Waals surface area contributed by atoms with Gasteiger partial charge >= 0.3 is 122 Å². The van der Waals surface area contributed by atoms with Gasteiger partial charge in [0.25, 0.3) is 0 Å². The van der Waals surface area contributed by atoms with Crippen LogP contribution >= 0.6 is 0 Å². The van der Waals surface area contributed by atoms with Crippen molar-refractivity contribution in [1.29, 1.82) is 0 Å². The molecular weight excluding hydrogens is 590 g/mol. The predicted octanol–water partition coefficient (Wildman–Crippen LogP) is -1.22. The summed E-state index contributed by atoms with van der Waals surface area (Å²) in [6, 6.07) is 0. The molecular formula is C7F6O9S2W. The molecule has 0 fully saturated rings. The fraction of sp³-hybridized carbons (Fsp3) is 0.286. The number of hydrogen-bond donors (Lipinski definition) is 0. The SMILES string of the molecule is O=[C]=[W](=[C]=O)(=[C]=O)(=[C]=O)(=[C]=O)([S](=O)(=O)C(F)(F)F)[S](=O)(=O)C(F)(F)F. The average Bonchev–Trinajstić information content (AvgIpc) is 2.50. The van der Waals surface area contributed by atoms with Crippen molar-refractivity contribution in [2.24, 2.45) is 0 Å². The van der Waals surface area contributed by atoms with E-state index in [1.807, 2.05) is 0 Å². The molecule has 0 aliphatic heterocycles. The van der Waals surface area contributed by atoms with Gasteiger partial charge < -0.3 is 0 Å². The predicted molar refractivity (Wildman–Crippen MR) is 58.4 cm³/mol. The molecule has 142 valence electrons. The van der Waals surface area contributed by atoms with Crippen LogP contribution in [0.25, 0.3) is 0 Å². The van der Waals surface area contributed by atoms with Gasteiger partial charge in [0.1, 0.15) is 0 Å². The van der Waals surface area contributed by atoms with Crippen LogP contribution in [-0.2, 0) is 46.5 Å². The maximum atomic E-state index is 12.8. The molecule has 0 aromatic rings. The molecule has 0 aromatic carbocycles. The summed E-state index contributed by atoms with van der Waals surface area (Å²) < 4.78 is 118. The van der Waals surface area contributed by atoms with E-state index < -0.39 is 54.9 Å². The summed E-state index contributed by atoms with van der Waals surface area (Å²) in [6.45, 7) is 0. The van der Waals surface area contributed by atoms with Crippen molar-refractivity contribution < 1.29 is 74.6 Å². The van der Waals surface area contributed by atoms with Gasteiger partial charge in [-0.15, -0.1) is 0 Å². The first-order chi connectivity index (χ1) is 10.7. The van der Waals surface area contributed by atoms with Crippen LogP contribution < -0.4 is 0 Å². The number of halogens is 6. The number of carbonyl (C=O) groups excluding carboxylic acids is 5. The second-order valence-corrected chi connectivity index (χ2v) is 51.2. The maximum absolute atomic E-state index is 12.8.